The zero-order valence-electron chi connectivity index (χ0n) is 9.57. The van der Waals surface area contributed by atoms with Crippen molar-refractivity contribution < 1.29 is 23.0 Å². The first-order valence-corrected chi connectivity index (χ1v) is 5.71. The Balaban J connectivity index is 2.20. The summed E-state index contributed by atoms with van der Waals surface area (Å²) in [5.41, 5.74) is 6.24. The smallest absolute Gasteiger partial charge is 0.508 e. The van der Waals surface area contributed by atoms with E-state index < -0.39 is 12.4 Å². The Labute approximate surface area is 102 Å². The highest BCUT2D eigenvalue weighted by Crippen LogP contribution is 2.40. The third-order valence-corrected chi connectivity index (χ3v) is 3.25. The number of hydrogen-bond donors (Lipinski definition) is 2. The number of nitrogens with two attached hydrogens (primary N) is 1. The average molecular weight is 261 g/mol. The van der Waals surface area contributed by atoms with Crippen molar-refractivity contribution in [2.45, 2.75) is 31.7 Å². The number of phenols is 1. The van der Waals surface area contributed by atoms with Gasteiger partial charge in [0.2, 0.25) is 0 Å². The molecule has 1 aliphatic carbocycles. The minimum atomic E-state index is -4.74. The first-order valence-electron chi connectivity index (χ1n) is 5.71. The largest absolute Gasteiger partial charge is 0.573 e. The van der Waals surface area contributed by atoms with Crippen molar-refractivity contribution in [2.24, 2.45) is 11.7 Å². The standard InChI is InChI=1S/C12H14F3NO2/c13-12(14,15)18-8-4-5-10(17)9(6-8)11(16)7-2-1-3-7/h4-7,11,17H,1-3,16H2/t11-/m1/s1. The predicted octanol–water partition coefficient (Wildman–Crippen LogP) is 3.09. The van der Waals surface area contributed by atoms with Gasteiger partial charge in [0.05, 0.1) is 0 Å². The first kappa shape index (κ1) is 13.0. The normalized spacial score (nSPS) is 18.2. The molecule has 0 aromatic heterocycles. The summed E-state index contributed by atoms with van der Waals surface area (Å²) < 4.78 is 40.1. The quantitative estimate of drug-likeness (QED) is 0.879. The molecule has 0 spiro atoms. The third-order valence-electron chi connectivity index (χ3n) is 3.25. The summed E-state index contributed by atoms with van der Waals surface area (Å²) in [6, 6.07) is 2.95. The van der Waals surface area contributed by atoms with Crippen LogP contribution in [0.3, 0.4) is 0 Å². The van der Waals surface area contributed by atoms with Crippen LogP contribution in [0.15, 0.2) is 18.2 Å². The number of alkyl halides is 3. The molecule has 18 heavy (non-hydrogen) atoms. The maximum absolute atomic E-state index is 12.1. The van der Waals surface area contributed by atoms with Gasteiger partial charge in [-0.3, -0.25) is 0 Å². The molecule has 6 heteroatoms. The third kappa shape index (κ3) is 2.87. The minimum Gasteiger partial charge on any atom is -0.508 e. The van der Waals surface area contributed by atoms with Crippen molar-refractivity contribution in [3.8, 4) is 11.5 Å². The molecule has 2 rings (SSSR count). The molecule has 1 atom stereocenters. The molecule has 0 unspecified atom stereocenters. The Morgan fingerprint density at radius 1 is 1.33 bits per heavy atom. The Morgan fingerprint density at radius 2 is 2.00 bits per heavy atom. The number of ether oxygens (including phenoxy) is 1. The highest BCUT2D eigenvalue weighted by Gasteiger charge is 2.32. The lowest BCUT2D eigenvalue weighted by molar-refractivity contribution is -0.274. The van der Waals surface area contributed by atoms with Crippen molar-refractivity contribution in [1.29, 1.82) is 0 Å². The second-order valence-corrected chi connectivity index (χ2v) is 4.49. The minimum absolute atomic E-state index is 0.0936. The number of rotatable bonds is 3. The van der Waals surface area contributed by atoms with E-state index in [0.717, 1.165) is 31.4 Å². The van der Waals surface area contributed by atoms with E-state index >= 15 is 0 Å². The molecule has 1 aromatic carbocycles. The SMILES string of the molecule is N[C@@H](c1cc(OC(F)(F)F)ccc1O)C1CCC1. The monoisotopic (exact) mass is 261 g/mol. The molecule has 0 amide bonds. The molecule has 1 fully saturated rings. The number of phenolic OH excluding ortho intramolecular Hbond substituents is 1. The number of hydrogen-bond acceptors (Lipinski definition) is 3. The van der Waals surface area contributed by atoms with Crippen LogP contribution in [0.1, 0.15) is 30.9 Å². The summed E-state index contributed by atoms with van der Waals surface area (Å²) in [6.45, 7) is 0. The maximum atomic E-state index is 12.1. The molecular formula is C12H14F3NO2. The van der Waals surface area contributed by atoms with Gasteiger partial charge >= 0.3 is 6.36 Å². The average Bonchev–Trinajstić information content (AvgIpc) is 2.16. The Hall–Kier alpha value is -1.43. The molecule has 0 heterocycles. The van der Waals surface area contributed by atoms with Crippen LogP contribution in [0.5, 0.6) is 11.5 Å². The summed E-state index contributed by atoms with van der Waals surface area (Å²) in [6.07, 6.45) is -1.80. The van der Waals surface area contributed by atoms with Gasteiger partial charge in [-0.15, -0.1) is 13.2 Å². The first-order chi connectivity index (χ1) is 8.37. The number of halogens is 3. The second-order valence-electron chi connectivity index (χ2n) is 4.49. The molecule has 3 N–H and O–H groups in total. The van der Waals surface area contributed by atoms with E-state index in [-0.39, 0.29) is 17.4 Å². The van der Waals surface area contributed by atoms with Gasteiger partial charge in [0.1, 0.15) is 11.5 Å². The van der Waals surface area contributed by atoms with E-state index in [4.69, 9.17) is 5.73 Å². The fourth-order valence-electron chi connectivity index (χ4n) is 2.05. The van der Waals surface area contributed by atoms with E-state index in [9.17, 15) is 18.3 Å². The molecule has 1 saturated carbocycles. The van der Waals surface area contributed by atoms with Gasteiger partial charge in [-0.1, -0.05) is 6.42 Å². The van der Waals surface area contributed by atoms with Crippen LogP contribution >= 0.6 is 0 Å². The van der Waals surface area contributed by atoms with Gasteiger partial charge in [-0.2, -0.15) is 0 Å². The molecule has 0 radical (unpaired) electrons. The highest BCUT2D eigenvalue weighted by molar-refractivity contribution is 5.41. The Morgan fingerprint density at radius 3 is 2.50 bits per heavy atom. The van der Waals surface area contributed by atoms with Crippen LogP contribution in [-0.2, 0) is 0 Å². The van der Waals surface area contributed by atoms with Crippen molar-refractivity contribution in [1.82, 2.24) is 0 Å². The van der Waals surface area contributed by atoms with Gasteiger partial charge in [0, 0.05) is 11.6 Å². The molecule has 0 bridgehead atoms. The lowest BCUT2D eigenvalue weighted by atomic mass is 9.77. The zero-order valence-corrected chi connectivity index (χ0v) is 9.57. The lowest BCUT2D eigenvalue weighted by Crippen LogP contribution is -2.27. The zero-order chi connectivity index (χ0) is 13.3. The number of benzene rings is 1. The van der Waals surface area contributed by atoms with Crippen LogP contribution in [0.2, 0.25) is 0 Å². The lowest BCUT2D eigenvalue weighted by Gasteiger charge is -2.31. The van der Waals surface area contributed by atoms with E-state index in [0.29, 0.717) is 5.56 Å². The Bertz CT molecular complexity index is 430. The fourth-order valence-corrected chi connectivity index (χ4v) is 2.05. The van der Waals surface area contributed by atoms with Crippen molar-refractivity contribution in [3.63, 3.8) is 0 Å². The summed E-state index contributed by atoms with van der Waals surface area (Å²) in [5.74, 6) is -0.231. The molecule has 3 nitrogen and oxygen atoms in total. The Kier molecular flexibility index (Phi) is 3.38. The van der Waals surface area contributed by atoms with Gasteiger partial charge in [-0.05, 0) is 37.0 Å². The summed E-state index contributed by atoms with van der Waals surface area (Å²) in [7, 11) is 0. The van der Waals surface area contributed by atoms with Gasteiger partial charge < -0.3 is 15.6 Å². The predicted molar refractivity (Wildman–Crippen MR) is 59.1 cm³/mol. The fraction of sp³-hybridized carbons (Fsp3) is 0.500. The van der Waals surface area contributed by atoms with E-state index in [1.54, 1.807) is 0 Å². The highest BCUT2D eigenvalue weighted by atomic mass is 19.4. The van der Waals surface area contributed by atoms with Gasteiger partial charge in [-0.25, -0.2) is 0 Å². The molecule has 0 saturated heterocycles. The van der Waals surface area contributed by atoms with Crippen molar-refractivity contribution in [3.05, 3.63) is 23.8 Å². The van der Waals surface area contributed by atoms with E-state index in [1.165, 1.54) is 6.07 Å². The van der Waals surface area contributed by atoms with Crippen LogP contribution < -0.4 is 10.5 Å². The molecule has 1 aromatic rings. The van der Waals surface area contributed by atoms with Crippen molar-refractivity contribution >= 4 is 0 Å². The molecular weight excluding hydrogens is 247 g/mol. The van der Waals surface area contributed by atoms with Crippen LogP contribution in [0, 0.1) is 5.92 Å². The van der Waals surface area contributed by atoms with Crippen LogP contribution in [0.4, 0.5) is 13.2 Å². The van der Waals surface area contributed by atoms with Gasteiger partial charge in [0.25, 0.3) is 0 Å². The molecule has 100 valence electrons. The topological polar surface area (TPSA) is 55.5 Å². The van der Waals surface area contributed by atoms with E-state index in [2.05, 4.69) is 4.74 Å². The van der Waals surface area contributed by atoms with Crippen LogP contribution in [0.25, 0.3) is 0 Å². The van der Waals surface area contributed by atoms with Gasteiger partial charge in [0.15, 0.2) is 0 Å². The summed E-state index contributed by atoms with van der Waals surface area (Å²) in [4.78, 5) is 0. The summed E-state index contributed by atoms with van der Waals surface area (Å²) >= 11 is 0. The molecule has 1 aliphatic rings. The van der Waals surface area contributed by atoms with Crippen LogP contribution in [-0.4, -0.2) is 11.5 Å². The second kappa shape index (κ2) is 4.68. The summed E-state index contributed by atoms with van der Waals surface area (Å²) in [5, 5.41) is 9.66. The maximum Gasteiger partial charge on any atom is 0.573 e. The number of aromatic hydroxyl groups is 1. The molecule has 0 aliphatic heterocycles. The van der Waals surface area contributed by atoms with Crippen molar-refractivity contribution in [2.75, 3.05) is 0 Å². The van der Waals surface area contributed by atoms with E-state index in [1.807, 2.05) is 0 Å².